The van der Waals surface area contributed by atoms with Gasteiger partial charge < -0.3 is 15.4 Å². The van der Waals surface area contributed by atoms with Gasteiger partial charge in [-0.15, -0.1) is 0 Å². The van der Waals surface area contributed by atoms with E-state index in [0.717, 1.165) is 19.5 Å². The molecular weight excluding hydrogens is 244 g/mol. The van der Waals surface area contributed by atoms with Crippen LogP contribution in [0.3, 0.4) is 0 Å². The highest BCUT2D eigenvalue weighted by molar-refractivity contribution is 7.80. The average Bonchev–Trinajstić information content (AvgIpc) is 2.70. The molecule has 0 bridgehead atoms. The first-order valence-corrected chi connectivity index (χ1v) is 7.65. The van der Waals surface area contributed by atoms with Gasteiger partial charge in [-0.3, -0.25) is 0 Å². The summed E-state index contributed by atoms with van der Waals surface area (Å²) >= 11 is 4.91. The molecule has 1 saturated heterocycles. The fourth-order valence-corrected chi connectivity index (χ4v) is 3.42. The van der Waals surface area contributed by atoms with E-state index in [1.165, 1.54) is 44.9 Å². The monoisotopic (exact) mass is 270 g/mol. The van der Waals surface area contributed by atoms with E-state index in [2.05, 4.69) is 11.9 Å². The normalized spacial score (nSPS) is 26.9. The minimum atomic E-state index is 0.243. The van der Waals surface area contributed by atoms with Crippen LogP contribution in [0.1, 0.15) is 51.4 Å². The maximum atomic E-state index is 6.36. The van der Waals surface area contributed by atoms with Crippen LogP contribution in [0, 0.1) is 0 Å². The lowest BCUT2D eigenvalue weighted by molar-refractivity contribution is -0.0700. The molecule has 1 aliphatic heterocycles. The zero-order valence-electron chi connectivity index (χ0n) is 11.5. The largest absolute Gasteiger partial charge is 0.393 e. The van der Waals surface area contributed by atoms with E-state index in [1.54, 1.807) is 0 Å². The van der Waals surface area contributed by atoms with Gasteiger partial charge in [0.25, 0.3) is 0 Å². The zero-order valence-corrected chi connectivity index (χ0v) is 12.3. The molecule has 2 N–H and O–H groups in total. The van der Waals surface area contributed by atoms with Crippen molar-refractivity contribution in [3.8, 4) is 0 Å². The van der Waals surface area contributed by atoms with Gasteiger partial charge in [0.2, 0.25) is 0 Å². The van der Waals surface area contributed by atoms with Gasteiger partial charge in [-0.25, -0.2) is 0 Å². The molecule has 18 heavy (non-hydrogen) atoms. The Labute approximate surface area is 116 Å². The first-order valence-electron chi connectivity index (χ1n) is 7.24. The van der Waals surface area contributed by atoms with Gasteiger partial charge in [-0.2, -0.15) is 0 Å². The number of nitrogens with two attached hydrogens (primary N) is 1. The van der Waals surface area contributed by atoms with Crippen molar-refractivity contribution in [2.24, 2.45) is 5.73 Å². The molecular formula is C14H26N2OS. The number of ether oxygens (including phenoxy) is 1. The molecule has 1 spiro atoms. The number of hydrogen-bond acceptors (Lipinski definition) is 3. The fraction of sp³-hybridized carbons (Fsp3) is 0.929. The van der Waals surface area contributed by atoms with Gasteiger partial charge in [0.05, 0.1) is 16.7 Å². The summed E-state index contributed by atoms with van der Waals surface area (Å²) in [4.78, 5) is 2.91. The summed E-state index contributed by atoms with van der Waals surface area (Å²) in [7, 11) is 2.13. The van der Waals surface area contributed by atoms with Crippen LogP contribution in [-0.2, 0) is 4.74 Å². The Morgan fingerprint density at radius 1 is 1.33 bits per heavy atom. The highest BCUT2D eigenvalue weighted by atomic mass is 32.1. The number of likely N-dealkylation sites (N-methyl/N-ethyl adjacent to an activating group) is 1. The highest BCUT2D eigenvalue weighted by Crippen LogP contribution is 2.41. The fourth-order valence-electron chi connectivity index (χ4n) is 3.33. The summed E-state index contributed by atoms with van der Waals surface area (Å²) in [6.45, 7) is 1.96. The molecule has 1 aliphatic carbocycles. The Kier molecular flexibility index (Phi) is 4.98. The third-order valence-corrected chi connectivity index (χ3v) is 4.56. The van der Waals surface area contributed by atoms with Crippen molar-refractivity contribution < 1.29 is 4.74 Å². The molecule has 104 valence electrons. The molecule has 0 amide bonds. The Morgan fingerprint density at radius 3 is 2.72 bits per heavy atom. The van der Waals surface area contributed by atoms with Gasteiger partial charge in [0, 0.05) is 19.5 Å². The van der Waals surface area contributed by atoms with Crippen LogP contribution in [0.2, 0.25) is 0 Å². The number of rotatable bonds is 5. The zero-order chi connectivity index (χ0) is 13.0. The minimum Gasteiger partial charge on any atom is -0.393 e. The Morgan fingerprint density at radius 2 is 2.06 bits per heavy atom. The maximum absolute atomic E-state index is 6.36. The molecule has 0 aromatic heterocycles. The second kappa shape index (κ2) is 6.31. The molecule has 2 aliphatic rings. The van der Waals surface area contributed by atoms with Crippen molar-refractivity contribution in [1.82, 2.24) is 4.90 Å². The average molecular weight is 270 g/mol. The van der Waals surface area contributed by atoms with Crippen LogP contribution >= 0.6 is 12.2 Å². The summed E-state index contributed by atoms with van der Waals surface area (Å²) in [5.74, 6) is 0. The summed E-state index contributed by atoms with van der Waals surface area (Å²) in [5.41, 5.74) is 5.78. The van der Waals surface area contributed by atoms with Crippen molar-refractivity contribution in [3.05, 3.63) is 0 Å². The molecule has 1 saturated carbocycles. The first kappa shape index (κ1) is 14.2. The molecule has 1 atom stereocenters. The predicted molar refractivity (Wildman–Crippen MR) is 78.8 cm³/mol. The Balaban J connectivity index is 1.73. The van der Waals surface area contributed by atoms with E-state index in [1.807, 2.05) is 0 Å². The van der Waals surface area contributed by atoms with E-state index in [4.69, 9.17) is 22.7 Å². The van der Waals surface area contributed by atoms with Crippen LogP contribution in [-0.4, -0.2) is 41.7 Å². The first-order chi connectivity index (χ1) is 8.60. The lowest BCUT2D eigenvalue weighted by Gasteiger charge is -2.34. The lowest BCUT2D eigenvalue weighted by atomic mass is 9.83. The second-order valence-electron chi connectivity index (χ2n) is 6.00. The molecule has 0 radical (unpaired) electrons. The van der Waals surface area contributed by atoms with Crippen LogP contribution < -0.4 is 5.73 Å². The second-order valence-corrected chi connectivity index (χ2v) is 6.53. The molecule has 1 unspecified atom stereocenters. The standard InChI is InChI=1S/C14H26N2OS/c1-16(10-6-13(15)18)11-12-5-9-14(17-12)7-3-2-4-8-14/h12H,2-11H2,1H3,(H2,15,18). The van der Waals surface area contributed by atoms with Crippen molar-refractivity contribution in [2.45, 2.75) is 63.1 Å². The van der Waals surface area contributed by atoms with Gasteiger partial charge in [0.1, 0.15) is 0 Å². The van der Waals surface area contributed by atoms with Gasteiger partial charge in [-0.1, -0.05) is 31.5 Å². The molecule has 0 aromatic carbocycles. The third kappa shape index (κ3) is 3.90. The van der Waals surface area contributed by atoms with E-state index in [9.17, 15) is 0 Å². The molecule has 1 heterocycles. The smallest absolute Gasteiger partial charge is 0.0740 e. The van der Waals surface area contributed by atoms with Crippen molar-refractivity contribution in [3.63, 3.8) is 0 Å². The minimum absolute atomic E-state index is 0.243. The summed E-state index contributed by atoms with van der Waals surface area (Å²) < 4.78 is 6.36. The molecule has 4 heteroatoms. The Bertz CT molecular complexity index is 290. The molecule has 3 nitrogen and oxygen atoms in total. The number of thiocarbonyl (C=S) groups is 1. The maximum Gasteiger partial charge on any atom is 0.0740 e. The third-order valence-electron chi connectivity index (χ3n) is 4.36. The quantitative estimate of drug-likeness (QED) is 0.779. The molecule has 2 fully saturated rings. The number of hydrogen-bond donors (Lipinski definition) is 1. The summed E-state index contributed by atoms with van der Waals surface area (Å²) in [5, 5.41) is 0. The van der Waals surface area contributed by atoms with E-state index in [0.29, 0.717) is 11.1 Å². The van der Waals surface area contributed by atoms with E-state index < -0.39 is 0 Å². The Hall–Kier alpha value is -0.190. The van der Waals surface area contributed by atoms with Gasteiger partial charge >= 0.3 is 0 Å². The SMILES string of the molecule is CN(CCC(N)=S)CC1CCC2(CCCCC2)O1. The van der Waals surface area contributed by atoms with Crippen LogP contribution in [0.5, 0.6) is 0 Å². The van der Waals surface area contributed by atoms with E-state index in [-0.39, 0.29) is 5.60 Å². The predicted octanol–water partition coefficient (Wildman–Crippen LogP) is 2.48. The van der Waals surface area contributed by atoms with Crippen LogP contribution in [0.25, 0.3) is 0 Å². The van der Waals surface area contributed by atoms with Crippen LogP contribution in [0.4, 0.5) is 0 Å². The summed E-state index contributed by atoms with van der Waals surface area (Å²) in [6, 6.07) is 0. The van der Waals surface area contributed by atoms with Crippen molar-refractivity contribution in [2.75, 3.05) is 20.1 Å². The van der Waals surface area contributed by atoms with Gasteiger partial charge in [-0.05, 0) is 32.7 Å². The number of nitrogens with zero attached hydrogens (tertiary/aromatic N) is 1. The highest BCUT2D eigenvalue weighted by Gasteiger charge is 2.40. The van der Waals surface area contributed by atoms with Crippen molar-refractivity contribution >= 4 is 17.2 Å². The topological polar surface area (TPSA) is 38.5 Å². The lowest BCUT2D eigenvalue weighted by Crippen LogP contribution is -2.36. The van der Waals surface area contributed by atoms with Crippen molar-refractivity contribution in [1.29, 1.82) is 0 Å². The molecule has 2 rings (SSSR count). The summed E-state index contributed by atoms with van der Waals surface area (Å²) in [6.07, 6.45) is 10.4. The molecule has 0 aromatic rings. The van der Waals surface area contributed by atoms with Gasteiger partial charge in [0.15, 0.2) is 0 Å². The van der Waals surface area contributed by atoms with Crippen LogP contribution in [0.15, 0.2) is 0 Å². The van der Waals surface area contributed by atoms with E-state index >= 15 is 0 Å².